The fraction of sp³-hybridized carbons (Fsp3) is 1.00. The molecule has 0 fully saturated rings. The summed E-state index contributed by atoms with van der Waals surface area (Å²) < 4.78 is 0. The van der Waals surface area contributed by atoms with Gasteiger partial charge in [-0.2, -0.15) is 0 Å². The van der Waals surface area contributed by atoms with Crippen LogP contribution in [0, 0.1) is 0 Å². The lowest BCUT2D eigenvalue weighted by molar-refractivity contribution is 0.154. The van der Waals surface area contributed by atoms with E-state index in [4.69, 9.17) is 0 Å². The number of hydrogen-bond donors (Lipinski definition) is 1. The maximum absolute atomic E-state index is 9.82. The Morgan fingerprint density at radius 3 is 1.92 bits per heavy atom. The summed E-state index contributed by atoms with van der Waals surface area (Å²) in [6.07, 6.45) is 3.25. The van der Waals surface area contributed by atoms with E-state index in [1.165, 1.54) is 12.8 Å². The van der Waals surface area contributed by atoms with Gasteiger partial charge in [0.25, 0.3) is 0 Å². The van der Waals surface area contributed by atoms with Crippen LogP contribution in [-0.2, 0) is 0 Å². The van der Waals surface area contributed by atoms with Gasteiger partial charge in [-0.3, -0.25) is 0 Å². The molecule has 0 heterocycles. The van der Waals surface area contributed by atoms with Crippen molar-refractivity contribution in [1.29, 1.82) is 0 Å². The van der Waals surface area contributed by atoms with Crippen molar-refractivity contribution >= 4 is 8.07 Å². The van der Waals surface area contributed by atoms with Gasteiger partial charge in [0.2, 0.25) is 0 Å². The summed E-state index contributed by atoms with van der Waals surface area (Å²) in [5.41, 5.74) is 0.590. The van der Waals surface area contributed by atoms with Crippen LogP contribution in [0.1, 0.15) is 33.1 Å². The highest BCUT2D eigenvalue weighted by molar-refractivity contribution is 6.77. The fourth-order valence-electron chi connectivity index (χ4n) is 1.80. The van der Waals surface area contributed by atoms with Crippen LogP contribution in [-0.4, -0.2) is 19.3 Å². The van der Waals surface area contributed by atoms with Crippen molar-refractivity contribution in [1.82, 2.24) is 0 Å². The summed E-state index contributed by atoms with van der Waals surface area (Å²) in [6.45, 7) is 11.3. The molecule has 0 aromatic carbocycles. The minimum atomic E-state index is -1.14. The van der Waals surface area contributed by atoms with Gasteiger partial charge in [-0.05, 0) is 12.0 Å². The highest BCUT2D eigenvalue weighted by Gasteiger charge is 2.30. The van der Waals surface area contributed by atoms with Crippen molar-refractivity contribution in [2.24, 2.45) is 0 Å². The van der Waals surface area contributed by atoms with Crippen molar-refractivity contribution in [2.45, 2.75) is 64.4 Å². The van der Waals surface area contributed by atoms with E-state index in [0.29, 0.717) is 5.54 Å². The summed E-state index contributed by atoms with van der Waals surface area (Å²) >= 11 is 0. The summed E-state index contributed by atoms with van der Waals surface area (Å²) in [4.78, 5) is 0. The van der Waals surface area contributed by atoms with Gasteiger partial charge in [0.05, 0.1) is 14.2 Å². The highest BCUT2D eigenvalue weighted by Crippen LogP contribution is 2.31. The second kappa shape index (κ2) is 5.03. The van der Waals surface area contributed by atoms with E-state index in [2.05, 4.69) is 33.5 Å². The van der Waals surface area contributed by atoms with E-state index in [0.717, 1.165) is 6.42 Å². The first-order chi connectivity index (χ1) is 5.43. The molecule has 12 heavy (non-hydrogen) atoms. The van der Waals surface area contributed by atoms with Gasteiger partial charge in [-0.25, -0.2) is 0 Å². The molecule has 0 amide bonds. The average Bonchev–Trinajstić information content (AvgIpc) is 1.96. The zero-order valence-electron chi connectivity index (χ0n) is 9.22. The van der Waals surface area contributed by atoms with Crippen LogP contribution in [0.5, 0.6) is 0 Å². The van der Waals surface area contributed by atoms with Crippen LogP contribution in [0.15, 0.2) is 0 Å². The molecule has 0 aromatic rings. The summed E-state index contributed by atoms with van der Waals surface area (Å²) in [5.74, 6) is 0. The van der Waals surface area contributed by atoms with Gasteiger partial charge in [-0.1, -0.05) is 46.3 Å². The molecule has 0 aliphatic rings. The van der Waals surface area contributed by atoms with E-state index in [1.54, 1.807) is 0 Å². The lowest BCUT2D eigenvalue weighted by atomic mass is 10.1. The molecule has 1 nitrogen and oxygen atoms in total. The number of aliphatic hydroxyl groups excluding tert-OH is 1. The van der Waals surface area contributed by atoms with Crippen LogP contribution in [0.3, 0.4) is 0 Å². The summed E-state index contributed by atoms with van der Waals surface area (Å²) in [7, 11) is -1.14. The lowest BCUT2D eigenvalue weighted by Crippen LogP contribution is -2.35. The van der Waals surface area contributed by atoms with Gasteiger partial charge in [0.15, 0.2) is 0 Å². The SMILES string of the molecule is CCC[C@H]([C@H](O)CC)[Si](C)(C)C. The van der Waals surface area contributed by atoms with Gasteiger partial charge < -0.3 is 5.11 Å². The molecule has 0 bridgehead atoms. The van der Waals surface area contributed by atoms with Gasteiger partial charge in [0, 0.05) is 0 Å². The van der Waals surface area contributed by atoms with E-state index in [1.807, 2.05) is 0 Å². The van der Waals surface area contributed by atoms with Crippen LogP contribution >= 0.6 is 0 Å². The van der Waals surface area contributed by atoms with Crippen LogP contribution < -0.4 is 0 Å². The molecule has 2 heteroatoms. The summed E-state index contributed by atoms with van der Waals surface area (Å²) in [5, 5.41) is 9.82. The molecule has 0 saturated carbocycles. The van der Waals surface area contributed by atoms with Crippen molar-refractivity contribution < 1.29 is 5.11 Å². The van der Waals surface area contributed by atoms with Crippen molar-refractivity contribution in [3.8, 4) is 0 Å². The third-order valence-corrected chi connectivity index (χ3v) is 5.49. The second-order valence-electron chi connectivity index (χ2n) is 4.74. The molecular weight excluding hydrogens is 164 g/mol. The number of hydrogen-bond acceptors (Lipinski definition) is 1. The number of aliphatic hydroxyl groups is 1. The maximum atomic E-state index is 9.82. The van der Waals surface area contributed by atoms with Crippen molar-refractivity contribution in [3.05, 3.63) is 0 Å². The molecule has 1 N–H and O–H groups in total. The Morgan fingerprint density at radius 1 is 1.17 bits per heavy atom. The van der Waals surface area contributed by atoms with Crippen molar-refractivity contribution in [2.75, 3.05) is 0 Å². The van der Waals surface area contributed by atoms with E-state index in [9.17, 15) is 5.11 Å². The van der Waals surface area contributed by atoms with Gasteiger partial charge >= 0.3 is 0 Å². The molecule has 0 rings (SSSR count). The monoisotopic (exact) mass is 188 g/mol. The Balaban J connectivity index is 4.22. The minimum Gasteiger partial charge on any atom is -0.393 e. The molecule has 0 radical (unpaired) electrons. The van der Waals surface area contributed by atoms with Gasteiger partial charge in [-0.15, -0.1) is 0 Å². The zero-order valence-corrected chi connectivity index (χ0v) is 10.2. The lowest BCUT2D eigenvalue weighted by Gasteiger charge is -2.32. The molecular formula is C10H24OSi. The summed E-state index contributed by atoms with van der Waals surface area (Å²) in [6, 6.07) is 0. The Bertz CT molecular complexity index is 117. The van der Waals surface area contributed by atoms with E-state index >= 15 is 0 Å². The highest BCUT2D eigenvalue weighted by atomic mass is 28.3. The normalized spacial score (nSPS) is 17.5. The predicted molar refractivity (Wildman–Crippen MR) is 58.3 cm³/mol. The molecule has 74 valence electrons. The predicted octanol–water partition coefficient (Wildman–Crippen LogP) is 3.27. The Kier molecular flexibility index (Phi) is 5.10. The van der Waals surface area contributed by atoms with E-state index < -0.39 is 8.07 Å². The van der Waals surface area contributed by atoms with E-state index in [-0.39, 0.29) is 6.10 Å². The zero-order chi connectivity index (χ0) is 9.78. The van der Waals surface area contributed by atoms with Crippen LogP contribution in [0.4, 0.5) is 0 Å². The topological polar surface area (TPSA) is 20.2 Å². The quantitative estimate of drug-likeness (QED) is 0.657. The molecule has 0 aromatic heterocycles. The van der Waals surface area contributed by atoms with Gasteiger partial charge in [0.1, 0.15) is 0 Å². The van der Waals surface area contributed by atoms with Crippen LogP contribution in [0.25, 0.3) is 0 Å². The molecule has 0 aliphatic carbocycles. The Morgan fingerprint density at radius 2 is 1.67 bits per heavy atom. The second-order valence-corrected chi connectivity index (χ2v) is 10.2. The Hall–Kier alpha value is 0.177. The fourth-order valence-corrected chi connectivity index (χ4v) is 4.34. The molecule has 0 saturated heterocycles. The van der Waals surface area contributed by atoms with Crippen LogP contribution in [0.2, 0.25) is 25.2 Å². The maximum Gasteiger partial charge on any atom is 0.0542 e. The molecule has 0 spiro atoms. The molecule has 0 aliphatic heterocycles. The molecule has 0 unspecified atom stereocenters. The minimum absolute atomic E-state index is 0.0587. The Labute approximate surface area is 78.2 Å². The van der Waals surface area contributed by atoms with Crippen molar-refractivity contribution in [3.63, 3.8) is 0 Å². The largest absolute Gasteiger partial charge is 0.393 e. The third kappa shape index (κ3) is 3.72. The first-order valence-electron chi connectivity index (χ1n) is 5.11. The third-order valence-electron chi connectivity index (χ3n) is 2.59. The first-order valence-corrected chi connectivity index (χ1v) is 8.69. The first kappa shape index (κ1) is 12.2. The standard InChI is InChI=1S/C10H24OSi/c1-6-8-10(9(11)7-2)12(3,4)5/h9-11H,6-8H2,1-5H3/t9-,10-/m1/s1. The smallest absolute Gasteiger partial charge is 0.0542 e. The number of rotatable bonds is 5. The average molecular weight is 188 g/mol. The molecule has 2 atom stereocenters.